The van der Waals surface area contributed by atoms with E-state index >= 15 is 0 Å². The van der Waals surface area contributed by atoms with Crippen LogP contribution in [0.3, 0.4) is 0 Å². The van der Waals surface area contributed by atoms with Crippen molar-refractivity contribution < 1.29 is 14.6 Å². The molecule has 0 unspecified atom stereocenters. The number of piperidine rings is 1. The van der Waals surface area contributed by atoms with Gasteiger partial charge in [0.05, 0.1) is 5.84 Å². The highest BCUT2D eigenvalue weighted by atomic mass is 35.5. The molecular formula is C25H34Cl3N5O3. The number of carbonyl (C=O) groups is 1. The van der Waals surface area contributed by atoms with E-state index in [0.29, 0.717) is 17.1 Å². The number of nitrogens with one attached hydrogen (secondary N) is 2. The minimum absolute atomic E-state index is 0. The lowest BCUT2D eigenvalue weighted by molar-refractivity contribution is -0.121. The van der Waals surface area contributed by atoms with Crippen molar-refractivity contribution in [2.24, 2.45) is 5.73 Å². The van der Waals surface area contributed by atoms with Crippen LogP contribution in [0.2, 0.25) is 0 Å². The maximum absolute atomic E-state index is 12.3. The number of aliphatic hydroxyl groups excluding tert-OH is 1. The number of hydrogen-bond donors (Lipinski definition) is 4. The molecule has 1 saturated heterocycles. The van der Waals surface area contributed by atoms with Crippen LogP contribution in [0.15, 0.2) is 54.6 Å². The Hall–Kier alpha value is -2.78. The Morgan fingerprint density at radius 1 is 1.14 bits per heavy atom. The van der Waals surface area contributed by atoms with Gasteiger partial charge in [0.1, 0.15) is 24.3 Å². The Morgan fingerprint density at radius 3 is 2.33 bits per heavy atom. The van der Waals surface area contributed by atoms with Crippen LogP contribution in [0.1, 0.15) is 30.9 Å². The molecule has 11 heteroatoms. The van der Waals surface area contributed by atoms with E-state index in [4.69, 9.17) is 21.3 Å². The van der Waals surface area contributed by atoms with Crippen molar-refractivity contribution >= 4 is 66.6 Å². The summed E-state index contributed by atoms with van der Waals surface area (Å²) in [6, 6.07) is 14.6. The highest BCUT2D eigenvalue weighted by Crippen LogP contribution is 2.23. The number of ether oxygens (including phenoxy) is 1. The number of carbonyl (C=O) groups excluding carboxylic acids is 1. The molecule has 0 aromatic heterocycles. The Labute approximate surface area is 230 Å². The zero-order valence-electron chi connectivity index (χ0n) is 20.1. The quantitative estimate of drug-likeness (QED) is 0.286. The van der Waals surface area contributed by atoms with Gasteiger partial charge in [0.15, 0.2) is 0 Å². The molecule has 1 heterocycles. The summed E-state index contributed by atoms with van der Waals surface area (Å²) in [4.78, 5) is 15.9. The van der Waals surface area contributed by atoms with E-state index in [0.717, 1.165) is 37.2 Å². The average molecular weight is 559 g/mol. The second-order valence-corrected chi connectivity index (χ2v) is 7.99. The van der Waals surface area contributed by atoms with Gasteiger partial charge >= 0.3 is 0 Å². The van der Waals surface area contributed by atoms with Crippen LogP contribution in [-0.4, -0.2) is 59.9 Å². The largest absolute Gasteiger partial charge is 0.490 e. The summed E-state index contributed by atoms with van der Waals surface area (Å²) in [5.41, 5.74) is 7.71. The van der Waals surface area contributed by atoms with E-state index in [1.165, 1.54) is 4.90 Å². The van der Waals surface area contributed by atoms with E-state index < -0.39 is 12.5 Å². The van der Waals surface area contributed by atoms with E-state index in [-0.39, 0.29) is 55.7 Å². The van der Waals surface area contributed by atoms with E-state index in [2.05, 4.69) is 0 Å². The van der Waals surface area contributed by atoms with Crippen LogP contribution in [-0.2, 0) is 4.79 Å². The number of benzene rings is 2. The Balaban J connectivity index is 0.00000408. The summed E-state index contributed by atoms with van der Waals surface area (Å²) in [6.07, 6.45) is 5.52. The molecule has 0 radical (unpaired) electrons. The lowest BCUT2D eigenvalue weighted by atomic mass is 10.1. The molecule has 1 fully saturated rings. The highest BCUT2D eigenvalue weighted by molar-refractivity contribution is 5.96. The second-order valence-electron chi connectivity index (χ2n) is 7.99. The fraction of sp³-hybridized carbons (Fsp3) is 0.320. The number of halogens is 3. The summed E-state index contributed by atoms with van der Waals surface area (Å²) in [5.74, 6) is 0.920. The minimum Gasteiger partial charge on any atom is -0.490 e. The summed E-state index contributed by atoms with van der Waals surface area (Å²) in [7, 11) is 0. The van der Waals surface area contributed by atoms with Crippen molar-refractivity contribution in [1.82, 2.24) is 4.90 Å². The molecule has 8 nitrogen and oxygen atoms in total. The zero-order valence-corrected chi connectivity index (χ0v) is 22.5. The van der Waals surface area contributed by atoms with Crippen molar-refractivity contribution in [3.63, 3.8) is 0 Å². The molecule has 5 N–H and O–H groups in total. The van der Waals surface area contributed by atoms with Gasteiger partial charge in [-0.3, -0.25) is 15.6 Å². The first kappa shape index (κ1) is 33.2. The average Bonchev–Trinajstić information content (AvgIpc) is 2.82. The predicted octanol–water partition coefficient (Wildman–Crippen LogP) is 4.12. The maximum atomic E-state index is 12.3. The fourth-order valence-corrected chi connectivity index (χ4v) is 3.75. The Bertz CT molecular complexity index is 1030. The molecule has 2 aromatic rings. The topological polar surface area (TPSA) is 127 Å². The fourth-order valence-electron chi connectivity index (χ4n) is 3.75. The molecule has 1 aliphatic rings. The lowest BCUT2D eigenvalue weighted by Crippen LogP contribution is -2.40. The highest BCUT2D eigenvalue weighted by Gasteiger charge is 2.21. The molecule has 0 atom stereocenters. The molecule has 198 valence electrons. The monoisotopic (exact) mass is 557 g/mol. The van der Waals surface area contributed by atoms with E-state index in [1.807, 2.05) is 53.5 Å². The molecule has 1 amide bonds. The molecule has 3 rings (SSSR count). The summed E-state index contributed by atoms with van der Waals surface area (Å²) in [6.45, 7) is 3.14. The molecular weight excluding hydrogens is 525 g/mol. The third-order valence-electron chi connectivity index (χ3n) is 5.60. The number of aliphatic hydroxyl groups is 1. The molecule has 36 heavy (non-hydrogen) atoms. The third-order valence-corrected chi connectivity index (χ3v) is 5.60. The zero-order chi connectivity index (χ0) is 23.8. The molecule has 0 spiro atoms. The number of rotatable bonds is 8. The SMILES string of the molecule is CC(=N)N1CCC(Oc2ccc(N(C/C=C/c3cccc(C(=N)N)c3)C(=O)CO)cc2)CC1.Cl.Cl.Cl. The van der Waals surface area contributed by atoms with Gasteiger partial charge in [-0.15, -0.1) is 37.2 Å². The van der Waals surface area contributed by atoms with Crippen LogP contribution in [0.5, 0.6) is 5.75 Å². The van der Waals surface area contributed by atoms with Gasteiger partial charge in [-0.1, -0.05) is 30.4 Å². The number of amidine groups is 2. The van der Waals surface area contributed by atoms with E-state index in [1.54, 1.807) is 19.1 Å². The molecule has 0 aliphatic carbocycles. The Morgan fingerprint density at radius 2 is 1.78 bits per heavy atom. The van der Waals surface area contributed by atoms with Gasteiger partial charge in [0.25, 0.3) is 5.91 Å². The minimum atomic E-state index is -0.586. The second kappa shape index (κ2) is 16.1. The summed E-state index contributed by atoms with van der Waals surface area (Å²) < 4.78 is 6.08. The first-order valence-electron chi connectivity index (χ1n) is 11.0. The van der Waals surface area contributed by atoms with Crippen LogP contribution in [0, 0.1) is 10.8 Å². The summed E-state index contributed by atoms with van der Waals surface area (Å²) in [5, 5.41) is 24.7. The molecule has 0 bridgehead atoms. The number of anilines is 1. The smallest absolute Gasteiger partial charge is 0.252 e. The first-order chi connectivity index (χ1) is 15.9. The van der Waals surface area contributed by atoms with Crippen molar-refractivity contribution in [3.8, 4) is 5.75 Å². The van der Waals surface area contributed by atoms with E-state index in [9.17, 15) is 9.90 Å². The van der Waals surface area contributed by atoms with Crippen molar-refractivity contribution in [2.45, 2.75) is 25.9 Å². The number of likely N-dealkylation sites (tertiary alicyclic amines) is 1. The third kappa shape index (κ3) is 9.35. The molecule has 1 aliphatic heterocycles. The summed E-state index contributed by atoms with van der Waals surface area (Å²) >= 11 is 0. The van der Waals surface area contributed by atoms with Gasteiger partial charge < -0.3 is 25.4 Å². The Kier molecular flexibility index (Phi) is 14.8. The van der Waals surface area contributed by atoms with Crippen LogP contribution in [0.25, 0.3) is 6.08 Å². The standard InChI is InChI=1S/C25H31N5O3.3ClH/c1-18(26)29-14-11-23(12-15-29)33-22-9-7-21(8-10-22)30(24(32)17-31)13-3-5-19-4-2-6-20(16-19)25(27)28;;;/h2-10,16,23,26,31H,11-15,17H2,1H3,(H3,27,28);3*1H/b5-3+,26-18?;;;. The number of hydrogen-bond acceptors (Lipinski definition) is 5. The van der Waals surface area contributed by atoms with Crippen LogP contribution >= 0.6 is 37.2 Å². The number of nitrogen functional groups attached to an aromatic ring is 1. The van der Waals surface area contributed by atoms with Crippen molar-refractivity contribution in [1.29, 1.82) is 10.8 Å². The maximum Gasteiger partial charge on any atom is 0.252 e. The van der Waals surface area contributed by atoms with Crippen molar-refractivity contribution in [2.75, 3.05) is 31.1 Å². The number of amides is 1. The van der Waals surface area contributed by atoms with Gasteiger partial charge in [0.2, 0.25) is 0 Å². The molecule has 2 aromatic carbocycles. The normalized spacial score (nSPS) is 13.1. The van der Waals surface area contributed by atoms with Gasteiger partial charge in [-0.05, 0) is 42.8 Å². The molecule has 0 saturated carbocycles. The first-order valence-corrected chi connectivity index (χ1v) is 11.0. The van der Waals surface area contributed by atoms with Crippen LogP contribution in [0.4, 0.5) is 5.69 Å². The number of nitrogens with zero attached hydrogens (tertiary/aromatic N) is 2. The van der Waals surface area contributed by atoms with Crippen LogP contribution < -0.4 is 15.4 Å². The van der Waals surface area contributed by atoms with Gasteiger partial charge in [0, 0.05) is 43.7 Å². The number of nitrogens with two attached hydrogens (primary N) is 1. The van der Waals surface area contributed by atoms with Gasteiger partial charge in [-0.2, -0.15) is 0 Å². The van der Waals surface area contributed by atoms with Gasteiger partial charge in [-0.25, -0.2) is 0 Å². The van der Waals surface area contributed by atoms with Crippen molar-refractivity contribution in [3.05, 3.63) is 65.7 Å². The lowest BCUT2D eigenvalue weighted by Gasteiger charge is -2.32. The predicted molar refractivity (Wildman–Crippen MR) is 153 cm³/mol.